The van der Waals surface area contributed by atoms with Crippen LogP contribution in [0.25, 0.3) is 0 Å². The Morgan fingerprint density at radius 1 is 1.06 bits per heavy atom. The van der Waals surface area contributed by atoms with Crippen molar-refractivity contribution < 1.29 is 18.0 Å². The fourth-order valence-electron chi connectivity index (χ4n) is 3.66. The number of benzene rings is 2. The first kappa shape index (κ1) is 30.1. The van der Waals surface area contributed by atoms with Crippen LogP contribution in [0.2, 0.25) is 10.0 Å². The molecule has 0 saturated carbocycles. The van der Waals surface area contributed by atoms with Gasteiger partial charge >= 0.3 is 0 Å². The summed E-state index contributed by atoms with van der Waals surface area (Å²) < 4.78 is 26.8. The summed E-state index contributed by atoms with van der Waals surface area (Å²) in [5, 5.41) is 3.80. The molecular weight excluding hydrogens is 521 g/mol. The molecule has 2 aromatic carbocycles. The quantitative estimate of drug-likeness (QED) is 0.377. The van der Waals surface area contributed by atoms with Crippen molar-refractivity contribution in [3.8, 4) is 0 Å². The molecule has 0 aliphatic heterocycles. The number of nitrogens with zero attached hydrogens (tertiary/aromatic N) is 2. The Bertz CT molecular complexity index is 1130. The lowest BCUT2D eigenvalue weighted by molar-refractivity contribution is -0.141. The molecule has 0 spiro atoms. The lowest BCUT2D eigenvalue weighted by Gasteiger charge is -2.31. The van der Waals surface area contributed by atoms with Crippen LogP contribution < -0.4 is 5.32 Å². The number of hydrogen-bond acceptors (Lipinski definition) is 4. The zero-order valence-corrected chi connectivity index (χ0v) is 23.5. The molecule has 1 N–H and O–H groups in total. The van der Waals surface area contributed by atoms with E-state index in [1.165, 1.54) is 28.4 Å². The van der Waals surface area contributed by atoms with E-state index in [1.54, 1.807) is 36.4 Å². The van der Waals surface area contributed by atoms with E-state index in [9.17, 15) is 18.0 Å². The van der Waals surface area contributed by atoms with Crippen molar-refractivity contribution in [3.05, 3.63) is 64.1 Å². The maximum atomic E-state index is 13.4. The first-order chi connectivity index (χ1) is 17.0. The van der Waals surface area contributed by atoms with Crippen LogP contribution in [0.3, 0.4) is 0 Å². The summed E-state index contributed by atoms with van der Waals surface area (Å²) in [4.78, 5) is 28.1. The highest BCUT2D eigenvalue weighted by Gasteiger charge is 2.29. The average molecular weight is 557 g/mol. The molecule has 0 aliphatic rings. The summed E-state index contributed by atoms with van der Waals surface area (Å²) in [6.07, 6.45) is 0.799. The van der Waals surface area contributed by atoms with Crippen LogP contribution in [0.1, 0.15) is 45.6 Å². The zero-order valence-electron chi connectivity index (χ0n) is 21.2. The zero-order chi connectivity index (χ0) is 26.9. The normalized spacial score (nSPS) is 12.6. The predicted octanol–water partition coefficient (Wildman–Crippen LogP) is 4.97. The van der Waals surface area contributed by atoms with Gasteiger partial charge in [0.15, 0.2) is 0 Å². The van der Waals surface area contributed by atoms with Crippen molar-refractivity contribution in [2.75, 3.05) is 20.1 Å². The monoisotopic (exact) mass is 555 g/mol. The average Bonchev–Trinajstić information content (AvgIpc) is 2.84. The minimum Gasteiger partial charge on any atom is -0.354 e. The summed E-state index contributed by atoms with van der Waals surface area (Å²) in [7, 11) is -2.16. The van der Waals surface area contributed by atoms with Crippen molar-refractivity contribution in [1.82, 2.24) is 14.5 Å². The smallest absolute Gasteiger partial charge is 0.242 e. The van der Waals surface area contributed by atoms with E-state index in [0.717, 1.165) is 0 Å². The Labute approximate surface area is 224 Å². The Kier molecular flexibility index (Phi) is 11.7. The third-order valence-electron chi connectivity index (χ3n) is 5.74. The molecule has 0 aliphatic carbocycles. The molecule has 2 aromatic rings. The van der Waals surface area contributed by atoms with Gasteiger partial charge in [-0.1, -0.05) is 68.2 Å². The molecule has 0 unspecified atom stereocenters. The van der Waals surface area contributed by atoms with Crippen molar-refractivity contribution >= 4 is 45.0 Å². The van der Waals surface area contributed by atoms with Crippen LogP contribution in [0.15, 0.2) is 53.4 Å². The minimum absolute atomic E-state index is 0.0772. The van der Waals surface area contributed by atoms with Gasteiger partial charge in [-0.25, -0.2) is 12.7 Å². The van der Waals surface area contributed by atoms with E-state index >= 15 is 0 Å². The molecular formula is C26H35Cl2N3O4S. The van der Waals surface area contributed by atoms with Crippen LogP contribution in [-0.2, 0) is 26.2 Å². The van der Waals surface area contributed by atoms with E-state index in [1.807, 2.05) is 20.8 Å². The van der Waals surface area contributed by atoms with Gasteiger partial charge in [-0.05, 0) is 48.6 Å². The molecule has 1 atom stereocenters. The first-order valence-corrected chi connectivity index (χ1v) is 14.2. The molecule has 0 saturated heterocycles. The highest BCUT2D eigenvalue weighted by molar-refractivity contribution is 7.89. The molecule has 0 bridgehead atoms. The lowest BCUT2D eigenvalue weighted by Crippen LogP contribution is -2.49. The third kappa shape index (κ3) is 8.47. The fraction of sp³-hybridized carbons (Fsp3) is 0.462. The number of rotatable bonds is 13. The molecule has 7 nitrogen and oxygen atoms in total. The number of carbonyl (C=O) groups excluding carboxylic acids is 2. The van der Waals surface area contributed by atoms with Crippen molar-refractivity contribution in [3.63, 3.8) is 0 Å². The van der Waals surface area contributed by atoms with Gasteiger partial charge in [0, 0.05) is 43.1 Å². The summed E-state index contributed by atoms with van der Waals surface area (Å²) in [6.45, 7) is 6.65. The minimum atomic E-state index is -3.65. The van der Waals surface area contributed by atoms with Crippen LogP contribution >= 0.6 is 23.2 Å². The Hall–Kier alpha value is -2.13. The molecule has 36 heavy (non-hydrogen) atoms. The van der Waals surface area contributed by atoms with E-state index in [4.69, 9.17) is 23.2 Å². The molecule has 0 aromatic heterocycles. The third-order valence-corrected chi connectivity index (χ3v) is 8.20. The van der Waals surface area contributed by atoms with Gasteiger partial charge in [-0.2, -0.15) is 0 Å². The van der Waals surface area contributed by atoms with Gasteiger partial charge in [0.05, 0.1) is 4.90 Å². The summed E-state index contributed by atoms with van der Waals surface area (Å²) in [5.41, 5.74) is 0.674. The Balaban J connectivity index is 2.16. The van der Waals surface area contributed by atoms with E-state index < -0.39 is 16.1 Å². The Morgan fingerprint density at radius 3 is 2.31 bits per heavy atom. The number of amides is 2. The van der Waals surface area contributed by atoms with Crippen molar-refractivity contribution in [1.29, 1.82) is 0 Å². The van der Waals surface area contributed by atoms with Gasteiger partial charge in [-0.3, -0.25) is 9.59 Å². The van der Waals surface area contributed by atoms with Gasteiger partial charge < -0.3 is 10.2 Å². The number of halogens is 2. The number of sulfonamides is 1. The maximum Gasteiger partial charge on any atom is 0.242 e. The van der Waals surface area contributed by atoms with Gasteiger partial charge in [0.1, 0.15) is 6.04 Å². The molecule has 0 fully saturated rings. The first-order valence-electron chi connectivity index (χ1n) is 12.0. The van der Waals surface area contributed by atoms with Crippen LogP contribution in [0, 0.1) is 5.92 Å². The summed E-state index contributed by atoms with van der Waals surface area (Å²) in [6, 6.07) is 12.5. The molecule has 2 amide bonds. The van der Waals surface area contributed by atoms with E-state index in [0.29, 0.717) is 35.0 Å². The molecule has 0 radical (unpaired) electrons. The Morgan fingerprint density at radius 2 is 1.72 bits per heavy atom. The number of carbonyl (C=O) groups is 2. The molecule has 0 heterocycles. The number of nitrogens with one attached hydrogen (secondary N) is 1. The molecule has 10 heteroatoms. The largest absolute Gasteiger partial charge is 0.354 e. The summed E-state index contributed by atoms with van der Waals surface area (Å²) in [5.74, 6) is -0.213. The lowest BCUT2D eigenvalue weighted by atomic mass is 10.1. The van der Waals surface area contributed by atoms with Crippen molar-refractivity contribution in [2.45, 2.75) is 57.5 Å². The highest BCUT2D eigenvalue weighted by Crippen LogP contribution is 2.24. The second-order valence-electron chi connectivity index (χ2n) is 9.06. The second kappa shape index (κ2) is 14.0. The van der Waals surface area contributed by atoms with Gasteiger partial charge in [0.25, 0.3) is 0 Å². The van der Waals surface area contributed by atoms with Crippen LogP contribution in [0.5, 0.6) is 0 Å². The predicted molar refractivity (Wildman–Crippen MR) is 144 cm³/mol. The van der Waals surface area contributed by atoms with Gasteiger partial charge in [-0.15, -0.1) is 0 Å². The standard InChI is InChI=1S/C26H35Cl2N3O4S/c1-5-24(26(33)29-17-19(2)3)31(18-20-13-14-21(27)16-23(20)28)25(32)12-9-15-30(4)36(34,35)22-10-7-6-8-11-22/h6-8,10-11,13-14,16,19,24H,5,9,12,15,17-18H2,1-4H3,(H,29,33)/t24-/m1/s1. The van der Waals surface area contributed by atoms with Crippen LogP contribution in [-0.4, -0.2) is 55.6 Å². The SMILES string of the molecule is CC[C@H](C(=O)NCC(C)C)N(Cc1ccc(Cl)cc1Cl)C(=O)CCCN(C)S(=O)(=O)c1ccccc1. The fourth-order valence-corrected chi connectivity index (χ4v) is 5.36. The van der Waals surface area contributed by atoms with E-state index in [-0.39, 0.29) is 42.1 Å². The summed E-state index contributed by atoms with van der Waals surface area (Å²) >= 11 is 12.4. The second-order valence-corrected chi connectivity index (χ2v) is 12.0. The van der Waals surface area contributed by atoms with Gasteiger partial charge in [0.2, 0.25) is 21.8 Å². The molecule has 2 rings (SSSR count). The maximum absolute atomic E-state index is 13.4. The van der Waals surface area contributed by atoms with E-state index in [2.05, 4.69) is 5.32 Å². The topological polar surface area (TPSA) is 86.8 Å². The highest BCUT2D eigenvalue weighted by atomic mass is 35.5. The molecule has 198 valence electrons. The van der Waals surface area contributed by atoms with Crippen molar-refractivity contribution in [2.24, 2.45) is 5.92 Å². The number of hydrogen-bond donors (Lipinski definition) is 1. The van der Waals surface area contributed by atoms with Crippen LogP contribution in [0.4, 0.5) is 0 Å².